The molecule has 0 spiro atoms. The van der Waals surface area contributed by atoms with E-state index in [0.29, 0.717) is 13.0 Å². The molecule has 0 radical (unpaired) electrons. The van der Waals surface area contributed by atoms with Crippen molar-refractivity contribution in [1.29, 1.82) is 0 Å². The molecule has 1 aliphatic rings. The monoisotopic (exact) mass is 358 g/mol. The van der Waals surface area contributed by atoms with E-state index in [-0.39, 0.29) is 5.97 Å². The largest absolute Gasteiger partial charge is 0.494 e. The summed E-state index contributed by atoms with van der Waals surface area (Å²) in [4.78, 5) is 11.6. The average molecular weight is 359 g/mol. The molecular formula is C23H34O3. The van der Waals surface area contributed by atoms with E-state index in [9.17, 15) is 4.79 Å². The highest BCUT2D eigenvalue weighted by Crippen LogP contribution is 2.33. The Morgan fingerprint density at radius 2 is 1.81 bits per heavy atom. The molecule has 0 aromatic heterocycles. The first-order valence-corrected chi connectivity index (χ1v) is 10.3. The first kappa shape index (κ1) is 20.5. The van der Waals surface area contributed by atoms with Crippen LogP contribution >= 0.6 is 0 Å². The minimum atomic E-state index is -0.0833. The highest BCUT2D eigenvalue weighted by atomic mass is 16.5. The summed E-state index contributed by atoms with van der Waals surface area (Å²) in [5, 5.41) is 0. The quantitative estimate of drug-likeness (QED) is 0.294. The van der Waals surface area contributed by atoms with Gasteiger partial charge in [-0.3, -0.25) is 4.79 Å². The van der Waals surface area contributed by atoms with Gasteiger partial charge in [-0.25, -0.2) is 0 Å². The lowest BCUT2D eigenvalue weighted by atomic mass is 10.1. The van der Waals surface area contributed by atoms with Crippen molar-refractivity contribution in [1.82, 2.24) is 0 Å². The molecular weight excluding hydrogens is 324 g/mol. The number of ether oxygens (including phenoxy) is 2. The third-order valence-corrected chi connectivity index (χ3v) is 4.75. The maximum atomic E-state index is 11.6. The van der Waals surface area contributed by atoms with Gasteiger partial charge in [0.1, 0.15) is 12.4 Å². The summed E-state index contributed by atoms with van der Waals surface area (Å²) in [5.74, 6) is 1.61. The van der Waals surface area contributed by atoms with Gasteiger partial charge in [-0.05, 0) is 42.5 Å². The summed E-state index contributed by atoms with van der Waals surface area (Å²) in [7, 11) is 0. The third-order valence-electron chi connectivity index (χ3n) is 4.75. The van der Waals surface area contributed by atoms with Crippen molar-refractivity contribution in [2.75, 3.05) is 13.2 Å². The Morgan fingerprint density at radius 3 is 2.54 bits per heavy atom. The van der Waals surface area contributed by atoms with Crippen LogP contribution in [0.25, 0.3) is 6.08 Å². The number of carbonyl (C=O) groups is 1. The van der Waals surface area contributed by atoms with Gasteiger partial charge in [0, 0.05) is 6.42 Å². The van der Waals surface area contributed by atoms with Gasteiger partial charge in [-0.2, -0.15) is 0 Å². The van der Waals surface area contributed by atoms with E-state index in [2.05, 4.69) is 6.92 Å². The lowest BCUT2D eigenvalue weighted by Gasteiger charge is -2.06. The summed E-state index contributed by atoms with van der Waals surface area (Å²) in [6.45, 7) is 3.38. The van der Waals surface area contributed by atoms with Crippen LogP contribution < -0.4 is 4.74 Å². The molecule has 1 aromatic carbocycles. The summed E-state index contributed by atoms with van der Waals surface area (Å²) in [6.07, 6.45) is 15.6. The molecule has 0 heterocycles. The van der Waals surface area contributed by atoms with E-state index in [1.54, 1.807) is 0 Å². The lowest BCUT2D eigenvalue weighted by Crippen LogP contribution is -2.04. The maximum Gasteiger partial charge on any atom is 0.306 e. The smallest absolute Gasteiger partial charge is 0.306 e. The summed E-state index contributed by atoms with van der Waals surface area (Å²) >= 11 is 0. The fourth-order valence-electron chi connectivity index (χ4n) is 2.87. The van der Waals surface area contributed by atoms with E-state index in [1.165, 1.54) is 44.9 Å². The molecule has 0 atom stereocenters. The van der Waals surface area contributed by atoms with Crippen molar-refractivity contribution in [3.8, 4) is 5.75 Å². The minimum Gasteiger partial charge on any atom is -0.494 e. The van der Waals surface area contributed by atoms with E-state index < -0.39 is 0 Å². The van der Waals surface area contributed by atoms with Crippen LogP contribution in [-0.2, 0) is 9.53 Å². The Balaban J connectivity index is 1.54. The molecule has 1 aromatic rings. The van der Waals surface area contributed by atoms with Gasteiger partial charge in [0.2, 0.25) is 0 Å². The molecule has 3 heteroatoms. The molecule has 0 N–H and O–H groups in total. The number of rotatable bonds is 14. The number of esters is 1. The number of benzene rings is 1. The van der Waals surface area contributed by atoms with Crippen LogP contribution in [0.5, 0.6) is 5.75 Å². The van der Waals surface area contributed by atoms with Crippen molar-refractivity contribution in [2.24, 2.45) is 5.92 Å². The third kappa shape index (κ3) is 9.65. The van der Waals surface area contributed by atoms with Crippen molar-refractivity contribution < 1.29 is 14.3 Å². The van der Waals surface area contributed by atoms with E-state index >= 15 is 0 Å². The molecule has 26 heavy (non-hydrogen) atoms. The van der Waals surface area contributed by atoms with Crippen molar-refractivity contribution in [3.05, 3.63) is 35.9 Å². The van der Waals surface area contributed by atoms with E-state index in [0.717, 1.165) is 36.7 Å². The fourth-order valence-corrected chi connectivity index (χ4v) is 2.87. The molecule has 0 unspecified atom stereocenters. The average Bonchev–Trinajstić information content (AvgIpc) is 3.48. The first-order chi connectivity index (χ1) is 12.8. The lowest BCUT2D eigenvalue weighted by molar-refractivity contribution is -0.142. The zero-order valence-electron chi connectivity index (χ0n) is 16.3. The summed E-state index contributed by atoms with van der Waals surface area (Å²) in [5.41, 5.74) is 1.09. The SMILES string of the molecule is CCCCCCCCOc1ccc(C=CCOC(=O)CCC2CC2)cc1. The van der Waals surface area contributed by atoms with Crippen LogP contribution in [0.15, 0.2) is 30.3 Å². The molecule has 1 fully saturated rings. The van der Waals surface area contributed by atoms with Crippen LogP contribution in [0.3, 0.4) is 0 Å². The van der Waals surface area contributed by atoms with Gasteiger partial charge in [-0.1, -0.05) is 70.1 Å². The van der Waals surface area contributed by atoms with Crippen molar-refractivity contribution in [2.45, 2.75) is 71.1 Å². The molecule has 1 aliphatic carbocycles. The first-order valence-electron chi connectivity index (χ1n) is 10.3. The standard InChI is InChI=1S/C23H34O3/c1-2-3-4-5-6-7-18-25-22-15-12-20(13-16-22)9-8-19-26-23(24)17-14-21-10-11-21/h8-9,12-13,15-16,21H,2-7,10-11,14,17-19H2,1H3. The Labute approximate surface area is 158 Å². The van der Waals surface area contributed by atoms with Crippen molar-refractivity contribution >= 4 is 12.0 Å². The molecule has 0 bridgehead atoms. The zero-order chi connectivity index (χ0) is 18.5. The second-order valence-corrected chi connectivity index (χ2v) is 7.25. The predicted molar refractivity (Wildman–Crippen MR) is 107 cm³/mol. The molecule has 2 rings (SSSR count). The summed E-state index contributed by atoms with van der Waals surface area (Å²) in [6, 6.07) is 8.06. The van der Waals surface area contributed by atoms with Gasteiger partial charge in [0.15, 0.2) is 0 Å². The van der Waals surface area contributed by atoms with Gasteiger partial charge >= 0.3 is 5.97 Å². The Bertz CT molecular complexity index is 529. The molecule has 0 amide bonds. The highest BCUT2D eigenvalue weighted by Gasteiger charge is 2.21. The zero-order valence-corrected chi connectivity index (χ0v) is 16.3. The number of hydrogen-bond acceptors (Lipinski definition) is 3. The molecule has 3 nitrogen and oxygen atoms in total. The van der Waals surface area contributed by atoms with Crippen LogP contribution in [0.1, 0.15) is 76.7 Å². The summed E-state index contributed by atoms with van der Waals surface area (Å²) < 4.78 is 11.0. The second-order valence-electron chi connectivity index (χ2n) is 7.25. The highest BCUT2D eigenvalue weighted by molar-refractivity contribution is 5.69. The van der Waals surface area contributed by atoms with Crippen molar-refractivity contribution in [3.63, 3.8) is 0 Å². The molecule has 0 saturated heterocycles. The van der Waals surface area contributed by atoms with E-state index in [4.69, 9.17) is 9.47 Å². The minimum absolute atomic E-state index is 0.0833. The Hall–Kier alpha value is -1.77. The topological polar surface area (TPSA) is 35.5 Å². The number of unbranched alkanes of at least 4 members (excludes halogenated alkanes) is 5. The predicted octanol–water partition coefficient (Wildman–Crippen LogP) is 6.17. The normalized spacial score (nSPS) is 13.9. The number of carbonyl (C=O) groups excluding carboxylic acids is 1. The van der Waals surface area contributed by atoms with Gasteiger partial charge in [0.05, 0.1) is 6.61 Å². The fraction of sp³-hybridized carbons (Fsp3) is 0.609. The van der Waals surface area contributed by atoms with Gasteiger partial charge < -0.3 is 9.47 Å². The Kier molecular flexibility index (Phi) is 9.92. The van der Waals surface area contributed by atoms with Crippen LogP contribution in [0.4, 0.5) is 0 Å². The molecule has 1 saturated carbocycles. The van der Waals surface area contributed by atoms with E-state index in [1.807, 2.05) is 36.4 Å². The maximum absolute atomic E-state index is 11.6. The van der Waals surface area contributed by atoms with Gasteiger partial charge in [0.25, 0.3) is 0 Å². The number of hydrogen-bond donors (Lipinski definition) is 0. The van der Waals surface area contributed by atoms with Crippen LogP contribution in [0.2, 0.25) is 0 Å². The van der Waals surface area contributed by atoms with Crippen LogP contribution in [0, 0.1) is 5.92 Å². The van der Waals surface area contributed by atoms with Crippen LogP contribution in [-0.4, -0.2) is 19.2 Å². The molecule has 144 valence electrons. The molecule has 0 aliphatic heterocycles. The Morgan fingerprint density at radius 1 is 1.08 bits per heavy atom. The second kappa shape index (κ2) is 12.6. The van der Waals surface area contributed by atoms with Gasteiger partial charge in [-0.15, -0.1) is 0 Å².